The summed E-state index contributed by atoms with van der Waals surface area (Å²) in [4.78, 5) is 10.3. The molecule has 1 rings (SSSR count). The Balaban J connectivity index is 2.40. The van der Waals surface area contributed by atoms with Crippen molar-refractivity contribution in [1.82, 2.24) is 4.72 Å². The zero-order valence-electron chi connectivity index (χ0n) is 11.3. The number of nitrogens with one attached hydrogen (secondary N) is 1. The van der Waals surface area contributed by atoms with E-state index in [1.54, 1.807) is 0 Å². The van der Waals surface area contributed by atoms with Gasteiger partial charge in [0.15, 0.2) is 0 Å². The summed E-state index contributed by atoms with van der Waals surface area (Å²) in [5.41, 5.74) is 0. The maximum Gasteiger partial charge on any atom is 0.303 e. The van der Waals surface area contributed by atoms with E-state index in [4.69, 9.17) is 28.3 Å². The number of carboxylic acids is 1. The molecule has 1 aromatic rings. The highest BCUT2D eigenvalue weighted by Crippen LogP contribution is 2.28. The van der Waals surface area contributed by atoms with E-state index in [0.717, 1.165) is 12.8 Å². The van der Waals surface area contributed by atoms with Gasteiger partial charge in [0.05, 0.1) is 10.0 Å². The summed E-state index contributed by atoms with van der Waals surface area (Å²) in [5, 5.41) is 8.68. The van der Waals surface area contributed by atoms with Gasteiger partial charge >= 0.3 is 5.97 Å². The number of rotatable bonds is 9. The molecule has 8 heteroatoms. The average molecular weight is 354 g/mol. The van der Waals surface area contributed by atoms with Crippen molar-refractivity contribution in [1.29, 1.82) is 0 Å². The van der Waals surface area contributed by atoms with Crippen LogP contribution in [0.15, 0.2) is 23.1 Å². The van der Waals surface area contributed by atoms with E-state index in [9.17, 15) is 13.2 Å². The number of hydrogen-bond donors (Lipinski definition) is 2. The van der Waals surface area contributed by atoms with Crippen LogP contribution in [0.1, 0.15) is 32.1 Å². The van der Waals surface area contributed by atoms with Crippen molar-refractivity contribution in [2.75, 3.05) is 6.54 Å². The summed E-state index contributed by atoms with van der Waals surface area (Å²) in [6, 6.07) is 4.43. The molecule has 0 aliphatic carbocycles. The highest BCUT2D eigenvalue weighted by Gasteiger charge is 2.18. The zero-order chi connectivity index (χ0) is 15.9. The monoisotopic (exact) mass is 353 g/mol. The van der Waals surface area contributed by atoms with E-state index in [1.807, 2.05) is 0 Å². The topological polar surface area (TPSA) is 83.5 Å². The minimum absolute atomic E-state index is 0.00752. The molecule has 0 radical (unpaired) electrons. The minimum Gasteiger partial charge on any atom is -0.481 e. The Kier molecular flexibility index (Phi) is 7.45. The van der Waals surface area contributed by atoms with E-state index in [-0.39, 0.29) is 27.9 Å². The van der Waals surface area contributed by atoms with Crippen LogP contribution in [0.3, 0.4) is 0 Å². The van der Waals surface area contributed by atoms with Gasteiger partial charge in [-0.15, -0.1) is 0 Å². The maximum absolute atomic E-state index is 12.1. The molecule has 0 amide bonds. The van der Waals surface area contributed by atoms with Gasteiger partial charge in [0, 0.05) is 13.0 Å². The Bertz CT molecular complexity index is 590. The van der Waals surface area contributed by atoms with Gasteiger partial charge in [-0.2, -0.15) is 0 Å². The Morgan fingerprint density at radius 2 is 1.81 bits per heavy atom. The van der Waals surface area contributed by atoms with Gasteiger partial charge in [0.1, 0.15) is 4.90 Å². The SMILES string of the molecule is O=C(O)CCCCCCNS(=O)(=O)c1cccc(Cl)c1Cl. The van der Waals surface area contributed by atoms with Crippen LogP contribution in [-0.4, -0.2) is 26.0 Å². The standard InChI is InChI=1S/C13H17Cl2NO4S/c14-10-6-5-7-11(13(10)15)21(19,20)16-9-4-2-1-3-8-12(17)18/h5-7,16H,1-4,8-9H2,(H,17,18). The smallest absolute Gasteiger partial charge is 0.303 e. The quantitative estimate of drug-likeness (QED) is 0.667. The summed E-state index contributed by atoms with van der Waals surface area (Å²) in [7, 11) is -3.68. The fourth-order valence-corrected chi connectivity index (χ4v) is 3.56. The second kappa shape index (κ2) is 8.58. The van der Waals surface area contributed by atoms with E-state index in [2.05, 4.69) is 4.72 Å². The van der Waals surface area contributed by atoms with Crippen LogP contribution in [0.5, 0.6) is 0 Å². The maximum atomic E-state index is 12.1. The Morgan fingerprint density at radius 1 is 1.14 bits per heavy atom. The highest BCUT2D eigenvalue weighted by atomic mass is 35.5. The molecule has 0 saturated carbocycles. The normalized spacial score (nSPS) is 11.5. The first-order valence-corrected chi connectivity index (χ1v) is 8.74. The third-order valence-electron chi connectivity index (χ3n) is 2.82. The lowest BCUT2D eigenvalue weighted by Crippen LogP contribution is -2.25. The van der Waals surface area contributed by atoms with Crippen molar-refractivity contribution in [2.24, 2.45) is 0 Å². The first-order valence-electron chi connectivity index (χ1n) is 6.50. The van der Waals surface area contributed by atoms with Crippen LogP contribution >= 0.6 is 23.2 Å². The molecule has 2 N–H and O–H groups in total. The lowest BCUT2D eigenvalue weighted by Gasteiger charge is -2.09. The number of carbonyl (C=O) groups is 1. The summed E-state index contributed by atoms with van der Waals surface area (Å²) in [6.07, 6.45) is 2.90. The van der Waals surface area contributed by atoms with Gasteiger partial charge in [-0.05, 0) is 25.0 Å². The molecule has 5 nitrogen and oxygen atoms in total. The van der Waals surface area contributed by atoms with Crippen LogP contribution in [0.25, 0.3) is 0 Å². The number of sulfonamides is 1. The zero-order valence-corrected chi connectivity index (χ0v) is 13.6. The minimum atomic E-state index is -3.68. The van der Waals surface area contributed by atoms with Crippen molar-refractivity contribution in [2.45, 2.75) is 37.0 Å². The largest absolute Gasteiger partial charge is 0.481 e. The molecule has 1 aromatic carbocycles. The fraction of sp³-hybridized carbons (Fsp3) is 0.462. The highest BCUT2D eigenvalue weighted by molar-refractivity contribution is 7.89. The van der Waals surface area contributed by atoms with Crippen LogP contribution in [0.4, 0.5) is 0 Å². The van der Waals surface area contributed by atoms with Gasteiger partial charge in [0.2, 0.25) is 10.0 Å². The third-order valence-corrected chi connectivity index (χ3v) is 5.25. The summed E-state index contributed by atoms with van der Waals surface area (Å²) >= 11 is 11.7. The number of carboxylic acid groups (broad SMARTS) is 1. The molecule has 118 valence electrons. The molecule has 0 aromatic heterocycles. The fourth-order valence-electron chi connectivity index (χ4n) is 1.73. The first kappa shape index (κ1) is 18.2. The molecule has 0 aliphatic heterocycles. The Hall–Kier alpha value is -0.820. The lowest BCUT2D eigenvalue weighted by atomic mass is 10.1. The Labute approximate surface area is 134 Å². The van der Waals surface area contributed by atoms with Gasteiger partial charge in [-0.25, -0.2) is 13.1 Å². The third kappa shape index (κ3) is 6.22. The molecule has 21 heavy (non-hydrogen) atoms. The van der Waals surface area contributed by atoms with Gasteiger partial charge in [-0.3, -0.25) is 4.79 Å². The number of hydrogen-bond acceptors (Lipinski definition) is 3. The van der Waals surface area contributed by atoms with Crippen LogP contribution in [-0.2, 0) is 14.8 Å². The van der Waals surface area contributed by atoms with Crippen molar-refractivity contribution in [3.8, 4) is 0 Å². The number of benzene rings is 1. The number of aliphatic carboxylic acids is 1. The van der Waals surface area contributed by atoms with Crippen molar-refractivity contribution in [3.63, 3.8) is 0 Å². The van der Waals surface area contributed by atoms with E-state index >= 15 is 0 Å². The molecule has 0 atom stereocenters. The molecule has 0 fully saturated rings. The van der Waals surface area contributed by atoms with Gasteiger partial charge in [-0.1, -0.05) is 42.1 Å². The molecule has 0 unspecified atom stereocenters. The second-order valence-corrected chi connectivity index (χ2v) is 7.03. The number of halogens is 2. The molecule has 0 saturated heterocycles. The first-order chi connectivity index (χ1) is 9.84. The van der Waals surface area contributed by atoms with Crippen molar-refractivity contribution >= 4 is 39.2 Å². The summed E-state index contributed by atoms with van der Waals surface area (Å²) in [5.74, 6) is -0.814. The summed E-state index contributed by atoms with van der Waals surface area (Å²) < 4.78 is 26.6. The van der Waals surface area contributed by atoms with Crippen LogP contribution < -0.4 is 4.72 Å². The summed E-state index contributed by atoms with van der Waals surface area (Å²) in [6.45, 7) is 0.276. The molecule has 0 bridgehead atoms. The molecule has 0 heterocycles. The van der Waals surface area contributed by atoms with Crippen LogP contribution in [0.2, 0.25) is 10.0 Å². The molecule has 0 spiro atoms. The Morgan fingerprint density at radius 3 is 2.48 bits per heavy atom. The molecular weight excluding hydrogens is 337 g/mol. The van der Waals surface area contributed by atoms with Gasteiger partial charge < -0.3 is 5.11 Å². The van der Waals surface area contributed by atoms with Crippen molar-refractivity contribution < 1.29 is 18.3 Å². The predicted molar refractivity (Wildman–Crippen MR) is 82.4 cm³/mol. The van der Waals surface area contributed by atoms with Crippen molar-refractivity contribution in [3.05, 3.63) is 28.2 Å². The second-order valence-electron chi connectivity index (χ2n) is 4.51. The van der Waals surface area contributed by atoms with Gasteiger partial charge in [0.25, 0.3) is 0 Å². The lowest BCUT2D eigenvalue weighted by molar-refractivity contribution is -0.137. The van der Waals surface area contributed by atoms with E-state index in [1.165, 1.54) is 18.2 Å². The van der Waals surface area contributed by atoms with Crippen LogP contribution in [0, 0.1) is 0 Å². The average Bonchev–Trinajstić information content (AvgIpc) is 2.40. The predicted octanol–water partition coefficient (Wildman–Crippen LogP) is 3.31. The molecule has 0 aliphatic rings. The van der Waals surface area contributed by atoms with E-state index in [0.29, 0.717) is 12.8 Å². The van der Waals surface area contributed by atoms with E-state index < -0.39 is 16.0 Å². The molecular formula is C13H17Cl2NO4S. The number of unbranched alkanes of at least 4 members (excludes halogenated alkanes) is 3.